The zero-order valence-corrected chi connectivity index (χ0v) is 16.5. The molecule has 2 aromatic heterocycles. The van der Waals surface area contributed by atoms with E-state index in [0.29, 0.717) is 18.1 Å². The van der Waals surface area contributed by atoms with Crippen molar-refractivity contribution in [1.29, 1.82) is 0 Å². The molecule has 0 radical (unpaired) electrons. The highest BCUT2D eigenvalue weighted by atomic mass is 19.1. The molecule has 4 rings (SSSR count). The van der Waals surface area contributed by atoms with Gasteiger partial charge in [-0.1, -0.05) is 24.3 Å². The molecule has 1 amide bonds. The summed E-state index contributed by atoms with van der Waals surface area (Å²) in [7, 11) is 1.60. The smallest absolute Gasteiger partial charge is 0.224 e. The van der Waals surface area contributed by atoms with E-state index in [1.54, 1.807) is 25.4 Å². The lowest BCUT2D eigenvalue weighted by molar-refractivity contribution is -0.120. The number of fused-ring (bicyclic) bond motifs is 1. The van der Waals surface area contributed by atoms with Gasteiger partial charge in [0.25, 0.3) is 0 Å². The van der Waals surface area contributed by atoms with Crippen LogP contribution in [-0.2, 0) is 24.3 Å². The van der Waals surface area contributed by atoms with Crippen molar-refractivity contribution in [2.45, 2.75) is 19.5 Å². The summed E-state index contributed by atoms with van der Waals surface area (Å²) in [5.74, 6) is 1.01. The quantitative estimate of drug-likeness (QED) is 0.512. The summed E-state index contributed by atoms with van der Waals surface area (Å²) in [6.45, 7) is 0.745. The Morgan fingerprint density at radius 3 is 2.73 bits per heavy atom. The molecule has 4 aromatic rings. The monoisotopic (exact) mass is 404 g/mol. The van der Waals surface area contributed by atoms with Crippen LogP contribution >= 0.6 is 0 Å². The highest BCUT2D eigenvalue weighted by Gasteiger charge is 2.13. The normalized spacial score (nSPS) is 10.9. The number of rotatable bonds is 7. The van der Waals surface area contributed by atoms with E-state index in [-0.39, 0.29) is 24.7 Å². The predicted molar refractivity (Wildman–Crippen MR) is 112 cm³/mol. The summed E-state index contributed by atoms with van der Waals surface area (Å²) in [6.07, 6.45) is 1.95. The van der Waals surface area contributed by atoms with Crippen LogP contribution in [0.5, 0.6) is 5.75 Å². The van der Waals surface area contributed by atoms with Crippen molar-refractivity contribution in [2.75, 3.05) is 7.11 Å². The molecule has 2 heterocycles. The van der Waals surface area contributed by atoms with E-state index in [0.717, 1.165) is 22.3 Å². The Labute approximate surface area is 173 Å². The van der Waals surface area contributed by atoms with Gasteiger partial charge < -0.3 is 14.6 Å². The Bertz CT molecular complexity index is 1170. The van der Waals surface area contributed by atoms with Crippen LogP contribution in [0.1, 0.15) is 17.0 Å². The third-order valence-corrected chi connectivity index (χ3v) is 4.78. The number of benzene rings is 2. The fraction of sp³-hybridized carbons (Fsp3) is 0.174. The Kier molecular flexibility index (Phi) is 5.70. The van der Waals surface area contributed by atoms with E-state index in [9.17, 15) is 9.18 Å². The van der Waals surface area contributed by atoms with E-state index in [4.69, 9.17) is 4.74 Å². The van der Waals surface area contributed by atoms with Gasteiger partial charge >= 0.3 is 0 Å². The molecule has 152 valence electrons. The average Bonchev–Trinajstić information content (AvgIpc) is 3.11. The van der Waals surface area contributed by atoms with Crippen molar-refractivity contribution in [3.8, 4) is 5.75 Å². The van der Waals surface area contributed by atoms with Crippen LogP contribution in [0.3, 0.4) is 0 Å². The molecule has 0 aliphatic rings. The Hall–Kier alpha value is -3.74. The van der Waals surface area contributed by atoms with Crippen LogP contribution in [0, 0.1) is 5.82 Å². The van der Waals surface area contributed by atoms with Crippen molar-refractivity contribution in [3.05, 3.63) is 89.6 Å². The second-order valence-electron chi connectivity index (χ2n) is 6.89. The summed E-state index contributed by atoms with van der Waals surface area (Å²) in [6, 6.07) is 17.4. The molecule has 2 aromatic carbocycles. The van der Waals surface area contributed by atoms with Crippen molar-refractivity contribution in [3.63, 3.8) is 0 Å². The van der Waals surface area contributed by atoms with Gasteiger partial charge in [-0.15, -0.1) is 0 Å². The predicted octanol–water partition coefficient (Wildman–Crippen LogP) is 3.49. The van der Waals surface area contributed by atoms with Gasteiger partial charge in [0.15, 0.2) is 5.65 Å². The van der Waals surface area contributed by atoms with E-state index >= 15 is 0 Å². The zero-order valence-electron chi connectivity index (χ0n) is 16.5. The van der Waals surface area contributed by atoms with Crippen molar-refractivity contribution in [1.82, 2.24) is 19.9 Å². The van der Waals surface area contributed by atoms with Gasteiger partial charge in [0.2, 0.25) is 5.91 Å². The van der Waals surface area contributed by atoms with Gasteiger partial charge in [0.05, 0.1) is 26.6 Å². The Balaban J connectivity index is 1.51. The van der Waals surface area contributed by atoms with E-state index in [1.807, 2.05) is 41.0 Å². The largest absolute Gasteiger partial charge is 0.497 e. The maximum atomic E-state index is 13.2. The number of pyridine rings is 1. The number of nitrogens with zero attached hydrogens (tertiary/aromatic N) is 3. The Morgan fingerprint density at radius 2 is 1.93 bits per heavy atom. The van der Waals surface area contributed by atoms with Gasteiger partial charge in [-0.25, -0.2) is 14.4 Å². The highest BCUT2D eigenvalue weighted by molar-refractivity contribution is 5.78. The van der Waals surface area contributed by atoms with Crippen LogP contribution in [0.4, 0.5) is 4.39 Å². The molecular weight excluding hydrogens is 383 g/mol. The van der Waals surface area contributed by atoms with E-state index in [1.165, 1.54) is 12.1 Å². The van der Waals surface area contributed by atoms with Crippen LogP contribution in [0.15, 0.2) is 66.9 Å². The molecule has 0 unspecified atom stereocenters. The van der Waals surface area contributed by atoms with E-state index in [2.05, 4.69) is 15.3 Å². The molecule has 0 spiro atoms. The number of carbonyl (C=O) groups excluding carboxylic acids is 1. The lowest BCUT2D eigenvalue weighted by Gasteiger charge is -2.10. The molecule has 7 heteroatoms. The topological polar surface area (TPSA) is 69.0 Å². The number of aromatic nitrogens is 3. The number of imidazole rings is 1. The molecule has 0 saturated carbocycles. The third-order valence-electron chi connectivity index (χ3n) is 4.78. The maximum absolute atomic E-state index is 13.2. The summed E-state index contributed by atoms with van der Waals surface area (Å²) < 4.78 is 20.4. The van der Waals surface area contributed by atoms with Gasteiger partial charge in [-0.2, -0.15) is 0 Å². The fourth-order valence-corrected chi connectivity index (χ4v) is 3.29. The van der Waals surface area contributed by atoms with Gasteiger partial charge in [-0.3, -0.25) is 4.79 Å². The number of amides is 1. The van der Waals surface area contributed by atoms with Crippen LogP contribution < -0.4 is 10.1 Å². The van der Waals surface area contributed by atoms with Gasteiger partial charge in [0, 0.05) is 6.20 Å². The van der Waals surface area contributed by atoms with Crippen LogP contribution in [0.2, 0.25) is 0 Å². The average molecular weight is 404 g/mol. The number of carbonyl (C=O) groups is 1. The lowest BCUT2D eigenvalue weighted by atomic mass is 10.1. The minimum absolute atomic E-state index is 0.114. The van der Waals surface area contributed by atoms with Crippen molar-refractivity contribution < 1.29 is 13.9 Å². The second kappa shape index (κ2) is 8.73. The molecular formula is C23H21FN4O2. The number of ether oxygens (including phenoxy) is 1. The number of hydrogen-bond donors (Lipinski definition) is 1. The molecule has 0 aliphatic heterocycles. The van der Waals surface area contributed by atoms with Crippen molar-refractivity contribution in [2.24, 2.45) is 0 Å². The molecule has 0 bridgehead atoms. The minimum Gasteiger partial charge on any atom is -0.497 e. The van der Waals surface area contributed by atoms with Crippen LogP contribution in [0.25, 0.3) is 11.2 Å². The third kappa shape index (κ3) is 4.46. The minimum atomic E-state index is -0.280. The molecule has 6 nitrogen and oxygen atoms in total. The summed E-state index contributed by atoms with van der Waals surface area (Å²) in [4.78, 5) is 21.5. The number of methoxy groups -OCH3 is 1. The lowest BCUT2D eigenvalue weighted by Crippen LogP contribution is -2.26. The first-order chi connectivity index (χ1) is 14.6. The molecule has 0 atom stereocenters. The fourth-order valence-electron chi connectivity index (χ4n) is 3.29. The molecule has 30 heavy (non-hydrogen) atoms. The van der Waals surface area contributed by atoms with Crippen LogP contribution in [-0.4, -0.2) is 27.6 Å². The summed E-state index contributed by atoms with van der Waals surface area (Å²) in [5.41, 5.74) is 3.26. The van der Waals surface area contributed by atoms with Crippen molar-refractivity contribution >= 4 is 17.1 Å². The first kappa shape index (κ1) is 19.6. The van der Waals surface area contributed by atoms with Gasteiger partial charge in [0.1, 0.15) is 22.9 Å². The SMILES string of the molecule is COc1cccc(CC(=O)NCc2nc3cccnc3n2Cc2ccc(F)cc2)c1. The number of nitrogens with one attached hydrogen (secondary N) is 1. The number of halogens is 1. The molecule has 0 aliphatic carbocycles. The molecule has 1 N–H and O–H groups in total. The molecule has 0 saturated heterocycles. The molecule has 0 fully saturated rings. The number of hydrogen-bond acceptors (Lipinski definition) is 4. The van der Waals surface area contributed by atoms with Gasteiger partial charge in [-0.05, 0) is 47.5 Å². The summed E-state index contributed by atoms with van der Waals surface area (Å²) >= 11 is 0. The zero-order chi connectivity index (χ0) is 20.9. The standard InChI is InChI=1S/C23H21FN4O2/c1-30-19-5-2-4-17(12-19)13-22(29)26-14-21-27-20-6-3-11-25-23(20)28(21)15-16-7-9-18(24)10-8-16/h2-12H,13-15H2,1H3,(H,26,29). The van der Waals surface area contributed by atoms with E-state index < -0.39 is 0 Å². The first-order valence-electron chi connectivity index (χ1n) is 9.56. The highest BCUT2D eigenvalue weighted by Crippen LogP contribution is 2.17. The summed E-state index contributed by atoms with van der Waals surface area (Å²) in [5, 5.41) is 2.93. The second-order valence-corrected chi connectivity index (χ2v) is 6.89. The first-order valence-corrected chi connectivity index (χ1v) is 9.56. The Morgan fingerprint density at radius 1 is 1.10 bits per heavy atom. The maximum Gasteiger partial charge on any atom is 0.224 e.